The molecule has 2 heterocycles. The summed E-state index contributed by atoms with van der Waals surface area (Å²) in [4.78, 5) is 16.3. The van der Waals surface area contributed by atoms with E-state index in [9.17, 15) is 9.90 Å². The van der Waals surface area contributed by atoms with E-state index < -0.39 is 6.10 Å². The Morgan fingerprint density at radius 2 is 2.19 bits per heavy atom. The van der Waals surface area contributed by atoms with Crippen LogP contribution in [0.15, 0.2) is 40.8 Å². The number of aliphatic hydroxyl groups excluding tert-OH is 1. The highest BCUT2D eigenvalue weighted by Gasteiger charge is 2.16. The molecular weight excluding hydrogens is 288 g/mol. The first-order valence-electron chi connectivity index (χ1n) is 6.51. The third-order valence-electron chi connectivity index (χ3n) is 3.03. The van der Waals surface area contributed by atoms with Crippen LogP contribution < -0.4 is 5.32 Å². The van der Waals surface area contributed by atoms with E-state index in [4.69, 9.17) is 4.42 Å². The van der Waals surface area contributed by atoms with E-state index >= 15 is 0 Å². The van der Waals surface area contributed by atoms with Gasteiger partial charge in [0.1, 0.15) is 17.6 Å². The predicted octanol–water partition coefficient (Wildman–Crippen LogP) is 2.66. The van der Waals surface area contributed by atoms with Crippen LogP contribution in [-0.2, 0) is 0 Å². The Kier molecular flexibility index (Phi) is 3.72. The number of thiazole rings is 1. The van der Waals surface area contributed by atoms with Gasteiger partial charge < -0.3 is 14.8 Å². The Bertz CT molecular complexity index is 745. The van der Waals surface area contributed by atoms with Crippen molar-refractivity contribution in [3.8, 4) is 0 Å². The Labute approximate surface area is 125 Å². The molecule has 0 aliphatic carbocycles. The molecule has 0 saturated carbocycles. The monoisotopic (exact) mass is 302 g/mol. The van der Waals surface area contributed by atoms with Crippen molar-refractivity contribution >= 4 is 27.5 Å². The van der Waals surface area contributed by atoms with Gasteiger partial charge >= 0.3 is 0 Å². The minimum atomic E-state index is -0.864. The molecule has 3 rings (SSSR count). The highest BCUT2D eigenvalue weighted by atomic mass is 32.1. The number of aromatic nitrogens is 1. The van der Waals surface area contributed by atoms with E-state index in [2.05, 4.69) is 10.3 Å². The van der Waals surface area contributed by atoms with Crippen molar-refractivity contribution in [1.82, 2.24) is 10.3 Å². The number of aryl methyl sites for hydroxylation is 1. The molecule has 0 bridgehead atoms. The fourth-order valence-electron chi connectivity index (χ4n) is 1.97. The summed E-state index contributed by atoms with van der Waals surface area (Å²) in [6.45, 7) is 1.89. The molecule has 0 unspecified atom stereocenters. The molecule has 21 heavy (non-hydrogen) atoms. The number of furan rings is 1. The molecule has 6 heteroatoms. The van der Waals surface area contributed by atoms with E-state index in [1.807, 2.05) is 24.3 Å². The SMILES string of the molecule is Cc1ccc([C@@H](O)CNC(=O)c2nc3ccccc3s2)o1. The van der Waals surface area contributed by atoms with Crippen molar-refractivity contribution in [1.29, 1.82) is 0 Å². The van der Waals surface area contributed by atoms with Gasteiger partial charge in [0.05, 0.1) is 16.8 Å². The molecular formula is C15H14N2O3S. The molecule has 0 radical (unpaired) electrons. The Morgan fingerprint density at radius 3 is 2.90 bits per heavy atom. The van der Waals surface area contributed by atoms with Crippen LogP contribution in [0.1, 0.15) is 27.4 Å². The average molecular weight is 302 g/mol. The van der Waals surface area contributed by atoms with Gasteiger partial charge in [-0.05, 0) is 31.2 Å². The second kappa shape index (κ2) is 5.67. The first kappa shape index (κ1) is 13.8. The van der Waals surface area contributed by atoms with Crippen molar-refractivity contribution in [3.63, 3.8) is 0 Å². The lowest BCUT2D eigenvalue weighted by molar-refractivity contribution is 0.0900. The van der Waals surface area contributed by atoms with Crippen LogP contribution in [0.25, 0.3) is 10.2 Å². The van der Waals surface area contributed by atoms with Gasteiger partial charge in [-0.2, -0.15) is 0 Å². The number of hydrogen-bond donors (Lipinski definition) is 2. The number of amides is 1. The summed E-state index contributed by atoms with van der Waals surface area (Å²) in [7, 11) is 0. The van der Waals surface area contributed by atoms with Crippen molar-refractivity contribution in [2.45, 2.75) is 13.0 Å². The van der Waals surface area contributed by atoms with Crippen molar-refractivity contribution in [2.24, 2.45) is 0 Å². The fourth-order valence-corrected chi connectivity index (χ4v) is 2.85. The third kappa shape index (κ3) is 2.96. The zero-order valence-corrected chi connectivity index (χ0v) is 12.2. The van der Waals surface area contributed by atoms with Gasteiger partial charge in [0.2, 0.25) is 0 Å². The average Bonchev–Trinajstić information content (AvgIpc) is 3.10. The smallest absolute Gasteiger partial charge is 0.280 e. The molecule has 108 valence electrons. The van der Waals surface area contributed by atoms with Gasteiger partial charge in [-0.1, -0.05) is 12.1 Å². The number of carbonyl (C=O) groups is 1. The van der Waals surface area contributed by atoms with Gasteiger partial charge in [-0.3, -0.25) is 4.79 Å². The van der Waals surface area contributed by atoms with Gasteiger partial charge in [-0.25, -0.2) is 4.98 Å². The lowest BCUT2D eigenvalue weighted by atomic mass is 10.3. The number of nitrogens with one attached hydrogen (secondary N) is 1. The van der Waals surface area contributed by atoms with Crippen LogP contribution in [0.2, 0.25) is 0 Å². The number of carbonyl (C=O) groups excluding carboxylic acids is 1. The van der Waals surface area contributed by atoms with Crippen LogP contribution in [0.5, 0.6) is 0 Å². The maximum absolute atomic E-state index is 12.1. The normalized spacial score (nSPS) is 12.5. The Hall–Kier alpha value is -2.18. The summed E-state index contributed by atoms with van der Waals surface area (Å²) < 4.78 is 6.28. The number of para-hydroxylation sites is 1. The number of aliphatic hydroxyl groups is 1. The molecule has 2 aromatic heterocycles. The van der Waals surface area contributed by atoms with Crippen LogP contribution in [-0.4, -0.2) is 22.5 Å². The van der Waals surface area contributed by atoms with Crippen LogP contribution >= 0.6 is 11.3 Å². The molecule has 0 aliphatic rings. The van der Waals surface area contributed by atoms with Crippen LogP contribution in [0.3, 0.4) is 0 Å². The number of fused-ring (bicyclic) bond motifs is 1. The highest BCUT2D eigenvalue weighted by molar-refractivity contribution is 7.20. The molecule has 1 atom stereocenters. The zero-order valence-electron chi connectivity index (χ0n) is 11.4. The van der Waals surface area contributed by atoms with Crippen molar-refractivity contribution in [2.75, 3.05) is 6.54 Å². The van der Waals surface area contributed by atoms with Gasteiger partial charge in [0.25, 0.3) is 5.91 Å². The maximum Gasteiger partial charge on any atom is 0.280 e. The number of benzene rings is 1. The fraction of sp³-hybridized carbons (Fsp3) is 0.200. The summed E-state index contributed by atoms with van der Waals surface area (Å²) in [6.07, 6.45) is -0.864. The largest absolute Gasteiger partial charge is 0.464 e. The summed E-state index contributed by atoms with van der Waals surface area (Å²) in [5.74, 6) is 0.872. The summed E-state index contributed by atoms with van der Waals surface area (Å²) >= 11 is 1.33. The van der Waals surface area contributed by atoms with E-state index in [0.29, 0.717) is 10.8 Å². The summed E-state index contributed by atoms with van der Waals surface area (Å²) in [6, 6.07) is 11.0. The second-order valence-electron chi connectivity index (χ2n) is 4.66. The van der Waals surface area contributed by atoms with Gasteiger partial charge in [-0.15, -0.1) is 11.3 Å². The quantitative estimate of drug-likeness (QED) is 0.777. The third-order valence-corrected chi connectivity index (χ3v) is 4.07. The molecule has 2 N–H and O–H groups in total. The number of rotatable bonds is 4. The van der Waals surface area contributed by atoms with E-state index in [0.717, 1.165) is 16.0 Å². The minimum absolute atomic E-state index is 0.0850. The van der Waals surface area contributed by atoms with Gasteiger partial charge in [0.15, 0.2) is 5.01 Å². The van der Waals surface area contributed by atoms with Gasteiger partial charge in [0, 0.05) is 0 Å². The predicted molar refractivity (Wildman–Crippen MR) is 80.4 cm³/mol. The lowest BCUT2D eigenvalue weighted by Gasteiger charge is -2.08. The molecule has 0 spiro atoms. The van der Waals surface area contributed by atoms with E-state index in [1.54, 1.807) is 19.1 Å². The molecule has 0 fully saturated rings. The lowest BCUT2D eigenvalue weighted by Crippen LogP contribution is -2.28. The van der Waals surface area contributed by atoms with Crippen molar-refractivity contribution < 1.29 is 14.3 Å². The summed E-state index contributed by atoms with van der Waals surface area (Å²) in [5.41, 5.74) is 0.801. The topological polar surface area (TPSA) is 75.4 Å². The Balaban J connectivity index is 1.66. The minimum Gasteiger partial charge on any atom is -0.464 e. The summed E-state index contributed by atoms with van der Waals surface area (Å²) in [5, 5.41) is 13.0. The maximum atomic E-state index is 12.1. The molecule has 0 saturated heterocycles. The van der Waals surface area contributed by atoms with Crippen molar-refractivity contribution in [3.05, 3.63) is 52.9 Å². The highest BCUT2D eigenvalue weighted by Crippen LogP contribution is 2.21. The molecule has 3 aromatic rings. The standard InChI is InChI=1S/C15H14N2O3S/c1-9-6-7-12(20-9)11(18)8-16-14(19)15-17-10-4-2-3-5-13(10)21-15/h2-7,11,18H,8H2,1H3,(H,16,19)/t11-/m0/s1. The molecule has 5 nitrogen and oxygen atoms in total. The van der Waals surface area contributed by atoms with E-state index in [1.165, 1.54) is 11.3 Å². The van der Waals surface area contributed by atoms with E-state index in [-0.39, 0.29) is 12.5 Å². The number of nitrogens with zero attached hydrogens (tertiary/aromatic N) is 1. The zero-order chi connectivity index (χ0) is 14.8. The first-order chi connectivity index (χ1) is 10.1. The molecule has 1 amide bonds. The number of hydrogen-bond acceptors (Lipinski definition) is 5. The Morgan fingerprint density at radius 1 is 1.38 bits per heavy atom. The molecule has 1 aromatic carbocycles. The van der Waals surface area contributed by atoms with Crippen LogP contribution in [0.4, 0.5) is 0 Å². The second-order valence-corrected chi connectivity index (χ2v) is 5.69. The first-order valence-corrected chi connectivity index (χ1v) is 7.33. The molecule has 0 aliphatic heterocycles. The van der Waals surface area contributed by atoms with Crippen LogP contribution in [0, 0.1) is 6.92 Å².